The molecular formula is C27H34FN3O4. The lowest BCUT2D eigenvalue weighted by atomic mass is 9.96. The minimum Gasteiger partial charge on any atom is -0.488 e. The third kappa shape index (κ3) is 5.44. The number of nitrogens with zero attached hydrogens (tertiary/aromatic N) is 2. The molecule has 0 spiro atoms. The Hall–Kier alpha value is -3.10. The van der Waals surface area contributed by atoms with Gasteiger partial charge in [-0.2, -0.15) is 0 Å². The van der Waals surface area contributed by atoms with E-state index in [1.165, 1.54) is 12.1 Å². The summed E-state index contributed by atoms with van der Waals surface area (Å²) >= 11 is 0. The van der Waals surface area contributed by atoms with Crippen molar-refractivity contribution in [2.75, 3.05) is 26.4 Å². The topological polar surface area (TPSA) is 90.0 Å². The van der Waals surface area contributed by atoms with Crippen LogP contribution in [0.25, 0.3) is 10.9 Å². The SMILES string of the molecule is C[C@H](Cc1cc(C(N)=O)c2c(ccn2CCCO)c1)N1CCOc2cc(F)ccc2OCC1(C)C. The van der Waals surface area contributed by atoms with Gasteiger partial charge in [-0.05, 0) is 69.5 Å². The van der Waals surface area contributed by atoms with Crippen molar-refractivity contribution in [2.24, 2.45) is 5.73 Å². The van der Waals surface area contributed by atoms with E-state index >= 15 is 0 Å². The summed E-state index contributed by atoms with van der Waals surface area (Å²) in [4.78, 5) is 14.7. The van der Waals surface area contributed by atoms with Gasteiger partial charge in [-0.15, -0.1) is 0 Å². The first-order valence-corrected chi connectivity index (χ1v) is 12.0. The summed E-state index contributed by atoms with van der Waals surface area (Å²) in [7, 11) is 0. The highest BCUT2D eigenvalue weighted by Gasteiger charge is 2.33. The molecule has 0 saturated heterocycles. The molecule has 0 saturated carbocycles. The van der Waals surface area contributed by atoms with E-state index in [1.807, 2.05) is 22.9 Å². The first-order chi connectivity index (χ1) is 16.7. The second-order valence-electron chi connectivity index (χ2n) is 9.82. The lowest BCUT2D eigenvalue weighted by molar-refractivity contribution is 0.0332. The van der Waals surface area contributed by atoms with Gasteiger partial charge in [0.25, 0.3) is 5.91 Å². The first kappa shape index (κ1) is 25.0. The van der Waals surface area contributed by atoms with Crippen LogP contribution in [0.5, 0.6) is 11.5 Å². The molecule has 7 nitrogen and oxygen atoms in total. The molecule has 188 valence electrons. The number of hydrogen-bond donors (Lipinski definition) is 2. The normalized spacial score (nSPS) is 16.9. The first-order valence-electron chi connectivity index (χ1n) is 12.0. The Labute approximate surface area is 205 Å². The number of halogens is 1. The van der Waals surface area contributed by atoms with Gasteiger partial charge < -0.3 is 24.9 Å². The lowest BCUT2D eigenvalue weighted by Gasteiger charge is -2.41. The van der Waals surface area contributed by atoms with E-state index in [4.69, 9.17) is 15.2 Å². The average molecular weight is 484 g/mol. The van der Waals surface area contributed by atoms with Crippen molar-refractivity contribution in [3.05, 3.63) is 59.5 Å². The number of rotatable bonds is 7. The quantitative estimate of drug-likeness (QED) is 0.534. The number of amides is 1. The highest BCUT2D eigenvalue weighted by atomic mass is 19.1. The molecule has 8 heteroatoms. The third-order valence-corrected chi connectivity index (χ3v) is 6.66. The van der Waals surface area contributed by atoms with Gasteiger partial charge in [0.05, 0.1) is 11.1 Å². The van der Waals surface area contributed by atoms with Gasteiger partial charge in [0.15, 0.2) is 11.5 Å². The summed E-state index contributed by atoms with van der Waals surface area (Å²) in [5.74, 6) is 0.124. The average Bonchev–Trinajstić information content (AvgIpc) is 3.23. The fraction of sp³-hybridized carbons (Fsp3) is 0.444. The minimum absolute atomic E-state index is 0.0836. The molecule has 4 rings (SSSR count). The second-order valence-corrected chi connectivity index (χ2v) is 9.82. The number of aliphatic hydroxyl groups excluding tert-OH is 1. The Kier molecular flexibility index (Phi) is 7.33. The van der Waals surface area contributed by atoms with Crippen LogP contribution in [-0.2, 0) is 13.0 Å². The summed E-state index contributed by atoms with van der Waals surface area (Å²) < 4.78 is 27.6. The number of ether oxygens (including phenoxy) is 2. The number of nitrogens with two attached hydrogens (primary N) is 1. The number of carbonyl (C=O) groups excluding carboxylic acids is 1. The molecule has 2 aromatic carbocycles. The fourth-order valence-corrected chi connectivity index (χ4v) is 5.02. The highest BCUT2D eigenvalue weighted by Crippen LogP contribution is 2.32. The molecule has 0 aliphatic carbocycles. The van der Waals surface area contributed by atoms with Crippen LogP contribution in [0.3, 0.4) is 0 Å². The Bertz CT molecular complexity index is 1210. The zero-order valence-electron chi connectivity index (χ0n) is 20.6. The zero-order chi connectivity index (χ0) is 25.2. The van der Waals surface area contributed by atoms with Gasteiger partial charge in [0.1, 0.15) is 19.0 Å². The zero-order valence-corrected chi connectivity index (χ0v) is 20.6. The number of benzene rings is 2. The molecule has 1 aliphatic heterocycles. The van der Waals surface area contributed by atoms with Crippen LogP contribution in [0.15, 0.2) is 42.6 Å². The monoisotopic (exact) mass is 483 g/mol. The predicted octanol–water partition coefficient (Wildman–Crippen LogP) is 3.74. The molecular weight excluding hydrogens is 449 g/mol. The number of carbonyl (C=O) groups is 1. The number of aromatic nitrogens is 1. The molecule has 1 amide bonds. The van der Waals surface area contributed by atoms with Crippen LogP contribution in [0.2, 0.25) is 0 Å². The molecule has 0 bridgehead atoms. The van der Waals surface area contributed by atoms with E-state index in [2.05, 4.69) is 31.7 Å². The number of aryl methyl sites for hydroxylation is 1. The minimum atomic E-state index is -0.469. The van der Waals surface area contributed by atoms with Crippen molar-refractivity contribution in [2.45, 2.75) is 51.7 Å². The number of hydrogen-bond acceptors (Lipinski definition) is 5. The number of primary amides is 1. The van der Waals surface area contributed by atoms with Crippen molar-refractivity contribution in [1.82, 2.24) is 9.47 Å². The Balaban J connectivity index is 1.58. The maximum Gasteiger partial charge on any atom is 0.250 e. The Morgan fingerprint density at radius 3 is 2.74 bits per heavy atom. The number of aliphatic hydroxyl groups is 1. The van der Waals surface area contributed by atoms with Crippen molar-refractivity contribution in [1.29, 1.82) is 0 Å². The molecule has 3 N–H and O–H groups in total. The van der Waals surface area contributed by atoms with Crippen molar-refractivity contribution >= 4 is 16.8 Å². The highest BCUT2D eigenvalue weighted by molar-refractivity contribution is 6.05. The van der Waals surface area contributed by atoms with Crippen LogP contribution in [0.4, 0.5) is 4.39 Å². The van der Waals surface area contributed by atoms with Gasteiger partial charge in [-0.25, -0.2) is 4.39 Å². The summed E-state index contributed by atoms with van der Waals surface area (Å²) in [6.45, 7) is 8.54. The van der Waals surface area contributed by atoms with E-state index < -0.39 is 5.91 Å². The van der Waals surface area contributed by atoms with Gasteiger partial charge in [-0.3, -0.25) is 9.69 Å². The van der Waals surface area contributed by atoms with Gasteiger partial charge in [0, 0.05) is 48.9 Å². The summed E-state index contributed by atoms with van der Waals surface area (Å²) in [6, 6.07) is 10.4. The molecule has 35 heavy (non-hydrogen) atoms. The van der Waals surface area contributed by atoms with Gasteiger partial charge >= 0.3 is 0 Å². The van der Waals surface area contributed by atoms with E-state index in [9.17, 15) is 14.3 Å². The van der Waals surface area contributed by atoms with Crippen LogP contribution in [0, 0.1) is 5.82 Å². The van der Waals surface area contributed by atoms with E-state index in [-0.39, 0.29) is 24.0 Å². The summed E-state index contributed by atoms with van der Waals surface area (Å²) in [6.07, 6.45) is 3.23. The largest absolute Gasteiger partial charge is 0.488 e. The molecule has 3 aromatic rings. The molecule has 1 aromatic heterocycles. The third-order valence-electron chi connectivity index (χ3n) is 6.66. The van der Waals surface area contributed by atoms with Crippen LogP contribution >= 0.6 is 0 Å². The standard InChI is InChI=1S/C27H34FN3O4/c1-18(31-10-12-34-24-16-21(28)5-6-23(24)35-17-27(31,2)3)13-19-14-20-7-9-30(8-4-11-32)25(20)22(15-19)26(29)33/h5-7,9,14-16,18,32H,4,8,10-13,17H2,1-3H3,(H2,29,33)/t18-/m1/s1. The van der Waals surface area contributed by atoms with E-state index in [0.29, 0.717) is 56.2 Å². The van der Waals surface area contributed by atoms with Crippen LogP contribution < -0.4 is 15.2 Å². The van der Waals surface area contributed by atoms with Crippen molar-refractivity contribution in [3.8, 4) is 11.5 Å². The maximum absolute atomic E-state index is 13.7. The van der Waals surface area contributed by atoms with Crippen LogP contribution in [0.1, 0.15) is 43.1 Å². The second kappa shape index (κ2) is 10.3. The van der Waals surface area contributed by atoms with Crippen molar-refractivity contribution < 1.29 is 23.8 Å². The lowest BCUT2D eigenvalue weighted by Crippen LogP contribution is -2.54. The predicted molar refractivity (Wildman–Crippen MR) is 133 cm³/mol. The van der Waals surface area contributed by atoms with E-state index in [1.54, 1.807) is 6.07 Å². The smallest absolute Gasteiger partial charge is 0.250 e. The van der Waals surface area contributed by atoms with Gasteiger partial charge in [-0.1, -0.05) is 0 Å². The summed E-state index contributed by atoms with van der Waals surface area (Å²) in [5.41, 5.74) is 7.75. The number of fused-ring (bicyclic) bond motifs is 2. The molecule has 0 radical (unpaired) electrons. The van der Waals surface area contributed by atoms with E-state index in [0.717, 1.165) is 16.5 Å². The molecule has 2 heterocycles. The Morgan fingerprint density at radius 1 is 1.20 bits per heavy atom. The molecule has 0 unspecified atom stereocenters. The molecule has 1 aliphatic rings. The molecule has 1 atom stereocenters. The van der Waals surface area contributed by atoms with Crippen molar-refractivity contribution in [3.63, 3.8) is 0 Å². The van der Waals surface area contributed by atoms with Crippen LogP contribution in [-0.4, -0.2) is 58.4 Å². The fourth-order valence-electron chi connectivity index (χ4n) is 5.02. The maximum atomic E-state index is 13.7. The molecule has 0 fully saturated rings. The Morgan fingerprint density at radius 2 is 2.00 bits per heavy atom. The summed E-state index contributed by atoms with van der Waals surface area (Å²) in [5, 5.41) is 10.2. The van der Waals surface area contributed by atoms with Gasteiger partial charge in [0.2, 0.25) is 0 Å².